The lowest BCUT2D eigenvalue weighted by atomic mass is 9.83. The van der Waals surface area contributed by atoms with Gasteiger partial charge in [-0.2, -0.15) is 4.98 Å². The van der Waals surface area contributed by atoms with Crippen molar-refractivity contribution in [3.63, 3.8) is 0 Å². The van der Waals surface area contributed by atoms with E-state index in [1.807, 2.05) is 6.07 Å². The highest BCUT2D eigenvalue weighted by Gasteiger charge is 2.31. The molecule has 0 saturated carbocycles. The van der Waals surface area contributed by atoms with Gasteiger partial charge in [0.25, 0.3) is 0 Å². The van der Waals surface area contributed by atoms with E-state index in [4.69, 9.17) is 4.74 Å². The summed E-state index contributed by atoms with van der Waals surface area (Å²) in [6, 6.07) is 9.54. The van der Waals surface area contributed by atoms with Crippen LogP contribution in [-0.4, -0.2) is 41.1 Å². The molecule has 0 amide bonds. The van der Waals surface area contributed by atoms with Gasteiger partial charge in [-0.1, -0.05) is 0 Å². The zero-order valence-electron chi connectivity index (χ0n) is 17.4. The van der Waals surface area contributed by atoms with Crippen LogP contribution in [0.4, 0.5) is 26.1 Å². The SMILES string of the molecule is Cc1cc(Nc2ncn(-c3cc(F)ccc3F)n2)cc(N2CCC(C3COC3)CC2)c1. The molecule has 3 heterocycles. The Morgan fingerprint density at radius 1 is 1.03 bits per heavy atom. The standard InChI is InChI=1S/C23H25F2N5O/c1-15-8-19(11-20(9-15)29-6-4-16(5-7-29)17-12-31-13-17)27-23-26-14-30(28-23)22-10-18(24)2-3-21(22)25/h2-3,8-11,14,16-17H,4-7,12-13H2,1H3,(H,27,28). The van der Waals surface area contributed by atoms with Crippen LogP contribution in [0.1, 0.15) is 18.4 Å². The molecule has 2 aliphatic rings. The molecule has 0 unspecified atom stereocenters. The summed E-state index contributed by atoms with van der Waals surface area (Å²) in [6.07, 6.45) is 3.75. The molecule has 31 heavy (non-hydrogen) atoms. The second-order valence-corrected chi connectivity index (χ2v) is 8.41. The molecular formula is C23H25F2N5O. The molecule has 0 bridgehead atoms. The lowest BCUT2D eigenvalue weighted by Crippen LogP contribution is -2.42. The number of nitrogens with one attached hydrogen (secondary N) is 1. The van der Waals surface area contributed by atoms with Crippen molar-refractivity contribution in [1.82, 2.24) is 14.8 Å². The zero-order valence-corrected chi connectivity index (χ0v) is 17.4. The molecule has 1 N–H and O–H groups in total. The average Bonchev–Trinajstić information content (AvgIpc) is 3.17. The van der Waals surface area contributed by atoms with Crippen LogP contribution in [0, 0.1) is 30.4 Å². The van der Waals surface area contributed by atoms with Crippen molar-refractivity contribution in [3.05, 3.63) is 59.9 Å². The quantitative estimate of drug-likeness (QED) is 0.654. The Hall–Kier alpha value is -3.00. The second-order valence-electron chi connectivity index (χ2n) is 8.41. The minimum atomic E-state index is -0.562. The number of benzene rings is 2. The first-order valence-electron chi connectivity index (χ1n) is 10.6. The molecule has 3 aromatic rings. The number of hydrogen-bond donors (Lipinski definition) is 1. The minimum absolute atomic E-state index is 0.0187. The monoisotopic (exact) mass is 425 g/mol. The van der Waals surface area contributed by atoms with E-state index in [1.54, 1.807) is 0 Å². The van der Waals surface area contributed by atoms with Crippen LogP contribution in [0.25, 0.3) is 5.69 Å². The number of anilines is 3. The van der Waals surface area contributed by atoms with Gasteiger partial charge in [0, 0.05) is 36.4 Å². The molecule has 2 fully saturated rings. The van der Waals surface area contributed by atoms with Gasteiger partial charge < -0.3 is 15.0 Å². The fourth-order valence-electron chi connectivity index (χ4n) is 4.40. The number of halogens is 2. The van der Waals surface area contributed by atoms with Crippen molar-refractivity contribution in [3.8, 4) is 5.69 Å². The Balaban J connectivity index is 1.30. The first-order valence-corrected chi connectivity index (χ1v) is 10.6. The third kappa shape index (κ3) is 4.25. The van der Waals surface area contributed by atoms with Crippen molar-refractivity contribution in [2.45, 2.75) is 19.8 Å². The molecule has 0 spiro atoms. The van der Waals surface area contributed by atoms with E-state index in [9.17, 15) is 8.78 Å². The summed E-state index contributed by atoms with van der Waals surface area (Å²) < 4.78 is 34.1. The smallest absolute Gasteiger partial charge is 0.246 e. The fourth-order valence-corrected chi connectivity index (χ4v) is 4.40. The highest BCUT2D eigenvalue weighted by Crippen LogP contribution is 2.33. The number of aromatic nitrogens is 3. The summed E-state index contributed by atoms with van der Waals surface area (Å²) in [5.74, 6) is 0.736. The molecule has 2 aromatic carbocycles. The van der Waals surface area contributed by atoms with Gasteiger partial charge in [0.15, 0.2) is 0 Å². The van der Waals surface area contributed by atoms with Crippen LogP contribution in [-0.2, 0) is 4.74 Å². The number of piperidine rings is 1. The Kier molecular flexibility index (Phi) is 5.31. The van der Waals surface area contributed by atoms with Crippen molar-refractivity contribution in [1.29, 1.82) is 0 Å². The maximum atomic E-state index is 14.0. The fraction of sp³-hybridized carbons (Fsp3) is 0.391. The summed E-state index contributed by atoms with van der Waals surface area (Å²) in [4.78, 5) is 6.62. The largest absolute Gasteiger partial charge is 0.381 e. The van der Waals surface area contributed by atoms with E-state index in [2.05, 4.69) is 39.4 Å². The molecule has 0 radical (unpaired) electrons. The highest BCUT2D eigenvalue weighted by molar-refractivity contribution is 5.64. The Morgan fingerprint density at radius 2 is 1.84 bits per heavy atom. The van der Waals surface area contributed by atoms with Gasteiger partial charge in [-0.05, 0) is 61.6 Å². The second kappa shape index (κ2) is 8.26. The van der Waals surface area contributed by atoms with Crippen LogP contribution >= 0.6 is 0 Å². The summed E-state index contributed by atoms with van der Waals surface area (Å²) >= 11 is 0. The van der Waals surface area contributed by atoms with E-state index >= 15 is 0 Å². The van der Waals surface area contributed by atoms with Crippen LogP contribution in [0.15, 0.2) is 42.7 Å². The maximum absolute atomic E-state index is 14.0. The Bertz CT molecular complexity index is 1070. The van der Waals surface area contributed by atoms with Gasteiger partial charge in [-0.15, -0.1) is 5.10 Å². The van der Waals surface area contributed by atoms with E-state index in [0.717, 1.165) is 67.6 Å². The third-order valence-electron chi connectivity index (χ3n) is 6.20. The first-order chi connectivity index (χ1) is 15.0. The summed E-state index contributed by atoms with van der Waals surface area (Å²) in [5, 5.41) is 7.45. The van der Waals surface area contributed by atoms with Crippen LogP contribution < -0.4 is 10.2 Å². The summed E-state index contributed by atoms with van der Waals surface area (Å²) in [5.41, 5.74) is 3.18. The number of aryl methyl sites for hydroxylation is 1. The van der Waals surface area contributed by atoms with Crippen molar-refractivity contribution in [2.75, 3.05) is 36.5 Å². The summed E-state index contributed by atoms with van der Waals surface area (Å²) in [7, 11) is 0. The number of ether oxygens (including phenoxy) is 1. The van der Waals surface area contributed by atoms with Crippen molar-refractivity contribution >= 4 is 17.3 Å². The highest BCUT2D eigenvalue weighted by atomic mass is 19.1. The zero-order chi connectivity index (χ0) is 21.4. The lowest BCUT2D eigenvalue weighted by Gasteiger charge is -2.40. The van der Waals surface area contributed by atoms with Gasteiger partial charge >= 0.3 is 0 Å². The molecule has 1 aromatic heterocycles. The average molecular weight is 425 g/mol. The predicted molar refractivity (Wildman–Crippen MR) is 115 cm³/mol. The molecule has 2 saturated heterocycles. The van der Waals surface area contributed by atoms with Crippen LogP contribution in [0.2, 0.25) is 0 Å². The van der Waals surface area contributed by atoms with Gasteiger partial charge in [0.05, 0.1) is 13.2 Å². The predicted octanol–water partition coefficient (Wildman–Crippen LogP) is 4.46. The Labute approximate surface area is 179 Å². The molecule has 162 valence electrons. The summed E-state index contributed by atoms with van der Waals surface area (Å²) in [6.45, 7) is 5.97. The van der Waals surface area contributed by atoms with Crippen LogP contribution in [0.3, 0.4) is 0 Å². The number of nitrogens with zero attached hydrogens (tertiary/aromatic N) is 4. The number of hydrogen-bond acceptors (Lipinski definition) is 5. The molecule has 6 nitrogen and oxygen atoms in total. The van der Waals surface area contributed by atoms with Crippen molar-refractivity contribution in [2.24, 2.45) is 11.8 Å². The topological polar surface area (TPSA) is 55.2 Å². The van der Waals surface area contributed by atoms with E-state index in [1.165, 1.54) is 29.5 Å². The first kappa shape index (κ1) is 19.9. The number of rotatable bonds is 5. The van der Waals surface area contributed by atoms with Gasteiger partial charge in [-0.25, -0.2) is 13.5 Å². The van der Waals surface area contributed by atoms with Gasteiger partial charge in [0.2, 0.25) is 5.95 Å². The maximum Gasteiger partial charge on any atom is 0.246 e. The molecule has 5 rings (SSSR count). The molecule has 0 atom stereocenters. The van der Waals surface area contributed by atoms with E-state index in [-0.39, 0.29) is 5.69 Å². The molecule has 8 heteroatoms. The third-order valence-corrected chi connectivity index (χ3v) is 6.20. The minimum Gasteiger partial charge on any atom is -0.381 e. The Morgan fingerprint density at radius 3 is 2.58 bits per heavy atom. The van der Waals surface area contributed by atoms with E-state index < -0.39 is 11.6 Å². The van der Waals surface area contributed by atoms with Crippen LogP contribution in [0.5, 0.6) is 0 Å². The molecule has 2 aliphatic heterocycles. The van der Waals surface area contributed by atoms with Gasteiger partial charge in [-0.3, -0.25) is 0 Å². The molecular weight excluding hydrogens is 400 g/mol. The molecule has 0 aliphatic carbocycles. The van der Waals surface area contributed by atoms with Gasteiger partial charge in [0.1, 0.15) is 23.6 Å². The normalized spacial score (nSPS) is 17.6. The van der Waals surface area contributed by atoms with Crippen molar-refractivity contribution < 1.29 is 13.5 Å². The van der Waals surface area contributed by atoms with E-state index in [0.29, 0.717) is 5.95 Å². The lowest BCUT2D eigenvalue weighted by molar-refractivity contribution is -0.0650.